The molecular weight excluding hydrogens is 453 g/mol. The van der Waals surface area contributed by atoms with Crippen molar-refractivity contribution in [3.05, 3.63) is 48.3 Å². The minimum absolute atomic E-state index is 0.0656. The quantitative estimate of drug-likeness (QED) is 0.296. The molecule has 0 unspecified atom stereocenters. The van der Waals surface area contributed by atoms with Crippen LogP contribution in [0, 0.1) is 12.7 Å². The number of aromatic amines is 1. The lowest BCUT2D eigenvalue weighted by Gasteiger charge is -2.25. The number of aryl methyl sites for hydroxylation is 1. The Hall–Kier alpha value is -3.57. The van der Waals surface area contributed by atoms with E-state index in [1.807, 2.05) is 12.3 Å². The highest BCUT2D eigenvalue weighted by Crippen LogP contribution is 2.32. The monoisotopic (exact) mass is 482 g/mol. The number of H-pyrrole nitrogens is 1. The second kappa shape index (κ2) is 9.59. The van der Waals surface area contributed by atoms with Crippen molar-refractivity contribution in [1.29, 1.82) is 0 Å². The van der Waals surface area contributed by atoms with Gasteiger partial charge in [0.15, 0.2) is 11.9 Å². The molecule has 4 aromatic heterocycles. The Balaban J connectivity index is 1.37. The van der Waals surface area contributed by atoms with Crippen LogP contribution in [0.25, 0.3) is 22.2 Å². The number of hydrogen-bond donors (Lipinski definition) is 4. The number of fused-ring (bicyclic) bond motifs is 1. The first kappa shape index (κ1) is 23.2. The van der Waals surface area contributed by atoms with Gasteiger partial charge in [0.1, 0.15) is 17.6 Å². The summed E-state index contributed by atoms with van der Waals surface area (Å²) < 4.78 is 23.9. The van der Waals surface area contributed by atoms with Crippen molar-refractivity contribution in [2.24, 2.45) is 0 Å². The van der Waals surface area contributed by atoms with Gasteiger partial charge < -0.3 is 20.7 Å². The lowest BCUT2D eigenvalue weighted by molar-refractivity contribution is -0.753. The zero-order valence-corrected chi connectivity index (χ0v) is 19.4. The Labute approximate surface area is 201 Å². The topological polar surface area (TPSA) is 139 Å². The van der Waals surface area contributed by atoms with Gasteiger partial charge in [-0.05, 0) is 31.4 Å². The summed E-state index contributed by atoms with van der Waals surface area (Å²) in [5, 5.41) is 27.6. The number of ether oxygens (including phenoxy) is 1. The lowest BCUT2D eigenvalue weighted by atomic mass is 9.93. The van der Waals surface area contributed by atoms with Crippen LogP contribution in [0.15, 0.2) is 36.9 Å². The molecule has 1 aliphatic carbocycles. The van der Waals surface area contributed by atoms with Gasteiger partial charge in [0, 0.05) is 37.0 Å². The third-order valence-corrected chi connectivity index (χ3v) is 6.53. The van der Waals surface area contributed by atoms with E-state index in [9.17, 15) is 9.50 Å². The second-order valence-electron chi connectivity index (χ2n) is 9.07. The standard InChI is InChI=1S/C24H28FN7O3/c1-14-6-7-27-24(22(14)25)35-18-4-2-16(3-5-18)32-20-8-21(26)28-10-19(20)23(30-32)15-9-29-31(11-15)12-17(34)13-33/h6-11,16-18,33-34H,2-5,12-13H2,1H3,(H2,26,28,30)/p+1/t16?,17-,18?/m1/s1. The van der Waals surface area contributed by atoms with Crippen LogP contribution in [0.5, 0.6) is 5.88 Å². The first-order chi connectivity index (χ1) is 16.9. The average Bonchev–Trinajstić information content (AvgIpc) is 3.46. The van der Waals surface area contributed by atoms with E-state index in [1.54, 1.807) is 36.3 Å². The van der Waals surface area contributed by atoms with Gasteiger partial charge in [-0.25, -0.2) is 14.4 Å². The summed E-state index contributed by atoms with van der Waals surface area (Å²) in [6, 6.07) is 3.65. The van der Waals surface area contributed by atoms with Crippen molar-refractivity contribution in [1.82, 2.24) is 24.8 Å². The van der Waals surface area contributed by atoms with Crippen molar-refractivity contribution in [3.63, 3.8) is 0 Å². The van der Waals surface area contributed by atoms with Gasteiger partial charge in [-0.2, -0.15) is 10.2 Å². The molecule has 0 aliphatic heterocycles. The van der Waals surface area contributed by atoms with E-state index in [0.29, 0.717) is 11.4 Å². The maximum Gasteiger partial charge on any atom is 0.250 e. The van der Waals surface area contributed by atoms with E-state index in [-0.39, 0.29) is 31.2 Å². The number of anilines is 1. The summed E-state index contributed by atoms with van der Waals surface area (Å²) in [5.41, 5.74) is 9.15. The molecular formula is C24H29FN7O3+. The molecule has 0 spiro atoms. The highest BCUT2D eigenvalue weighted by atomic mass is 19.1. The van der Waals surface area contributed by atoms with Crippen LogP contribution in [0.3, 0.4) is 0 Å². The van der Waals surface area contributed by atoms with Gasteiger partial charge >= 0.3 is 0 Å². The maximum absolute atomic E-state index is 14.3. The minimum atomic E-state index is -0.879. The molecule has 4 heterocycles. The van der Waals surface area contributed by atoms with Crippen molar-refractivity contribution >= 4 is 16.7 Å². The van der Waals surface area contributed by atoms with Gasteiger partial charge in [0.25, 0.3) is 5.88 Å². The molecule has 0 saturated heterocycles. The van der Waals surface area contributed by atoms with Gasteiger partial charge in [-0.3, -0.25) is 4.68 Å². The molecule has 0 bridgehead atoms. The van der Waals surface area contributed by atoms with E-state index in [2.05, 4.69) is 24.8 Å². The lowest BCUT2D eigenvalue weighted by Crippen LogP contribution is -2.44. The number of nitrogens with one attached hydrogen (secondary N) is 1. The largest absolute Gasteiger partial charge is 0.472 e. The number of rotatable bonds is 7. The van der Waals surface area contributed by atoms with Crippen LogP contribution in [0.2, 0.25) is 0 Å². The van der Waals surface area contributed by atoms with E-state index in [1.165, 1.54) is 0 Å². The third kappa shape index (κ3) is 4.69. The Morgan fingerprint density at radius 2 is 2.09 bits per heavy atom. The number of pyridine rings is 2. The number of hydrogen-bond acceptors (Lipinski definition) is 7. The summed E-state index contributed by atoms with van der Waals surface area (Å²) in [7, 11) is 0. The zero-order valence-electron chi connectivity index (χ0n) is 19.4. The minimum Gasteiger partial charge on any atom is -0.472 e. The number of aromatic nitrogens is 6. The molecule has 0 amide bonds. The fourth-order valence-electron chi connectivity index (χ4n) is 4.64. The van der Waals surface area contributed by atoms with Crippen molar-refractivity contribution < 1.29 is 24.0 Å². The molecule has 0 aromatic carbocycles. The van der Waals surface area contributed by atoms with Gasteiger partial charge in [0.2, 0.25) is 5.52 Å². The van der Waals surface area contributed by atoms with Crippen LogP contribution < -0.4 is 15.2 Å². The summed E-state index contributed by atoms with van der Waals surface area (Å²) in [6.45, 7) is 1.56. The molecule has 35 heavy (non-hydrogen) atoms. The first-order valence-electron chi connectivity index (χ1n) is 11.7. The first-order valence-corrected chi connectivity index (χ1v) is 11.7. The average molecular weight is 483 g/mol. The fraction of sp³-hybridized carbons (Fsp3) is 0.417. The molecule has 10 nitrogen and oxygen atoms in total. The molecule has 4 aromatic rings. The Morgan fingerprint density at radius 1 is 1.29 bits per heavy atom. The van der Waals surface area contributed by atoms with Crippen LogP contribution in [0.1, 0.15) is 37.3 Å². The van der Waals surface area contributed by atoms with E-state index >= 15 is 0 Å². The summed E-state index contributed by atoms with van der Waals surface area (Å²) in [4.78, 5) is 8.33. The number of halogens is 1. The highest BCUT2D eigenvalue weighted by molar-refractivity contribution is 5.90. The predicted octanol–water partition coefficient (Wildman–Crippen LogP) is 2.05. The van der Waals surface area contributed by atoms with Gasteiger partial charge in [-0.1, -0.05) is 0 Å². The van der Waals surface area contributed by atoms with Crippen molar-refractivity contribution in [2.75, 3.05) is 12.3 Å². The van der Waals surface area contributed by atoms with Crippen LogP contribution >= 0.6 is 0 Å². The van der Waals surface area contributed by atoms with Crippen LogP contribution in [0.4, 0.5) is 10.2 Å². The van der Waals surface area contributed by atoms with Crippen LogP contribution in [-0.2, 0) is 6.54 Å². The summed E-state index contributed by atoms with van der Waals surface area (Å²) in [6.07, 6.45) is 9.06. The van der Waals surface area contributed by atoms with E-state index < -0.39 is 11.9 Å². The fourth-order valence-corrected chi connectivity index (χ4v) is 4.64. The number of nitrogens with zero attached hydrogens (tertiary/aromatic N) is 5. The zero-order chi connectivity index (χ0) is 24.5. The molecule has 1 aliphatic rings. The number of nitrogen functional groups attached to an aromatic ring is 1. The predicted molar refractivity (Wildman–Crippen MR) is 126 cm³/mol. The van der Waals surface area contributed by atoms with Crippen molar-refractivity contribution in [3.8, 4) is 17.1 Å². The summed E-state index contributed by atoms with van der Waals surface area (Å²) in [5.74, 6) is 0.0894. The molecule has 11 heteroatoms. The Morgan fingerprint density at radius 3 is 2.86 bits per heavy atom. The SMILES string of the molecule is Cc1ccnc(OC2CCC([n+]3[nH]c(-c4cnn(C[C@@H](O)CO)c4)c4cnc(N)cc43)CC2)c1F. The third-order valence-electron chi connectivity index (χ3n) is 6.53. The number of nitrogens with two attached hydrogens (primary N) is 1. The normalized spacial score (nSPS) is 19.2. The van der Waals surface area contributed by atoms with Gasteiger partial charge in [0.05, 0.1) is 36.9 Å². The second-order valence-corrected chi connectivity index (χ2v) is 9.07. The molecule has 184 valence electrons. The van der Waals surface area contributed by atoms with Gasteiger partial charge in [-0.15, -0.1) is 4.68 Å². The number of aliphatic hydroxyl groups excluding tert-OH is 2. The molecule has 0 radical (unpaired) electrons. The highest BCUT2D eigenvalue weighted by Gasteiger charge is 2.33. The molecule has 1 fully saturated rings. The van der Waals surface area contributed by atoms with E-state index in [4.69, 9.17) is 15.6 Å². The molecule has 1 atom stereocenters. The van der Waals surface area contributed by atoms with E-state index in [0.717, 1.165) is 47.8 Å². The summed E-state index contributed by atoms with van der Waals surface area (Å²) >= 11 is 0. The molecule has 1 saturated carbocycles. The van der Waals surface area contributed by atoms with Crippen LogP contribution in [-0.4, -0.2) is 53.9 Å². The number of aliphatic hydroxyl groups is 2. The van der Waals surface area contributed by atoms with Crippen molar-refractivity contribution in [2.45, 2.75) is 57.4 Å². The Kier molecular flexibility index (Phi) is 6.35. The smallest absolute Gasteiger partial charge is 0.250 e. The molecule has 5 N–H and O–H groups in total. The molecule has 5 rings (SSSR count). The maximum atomic E-state index is 14.3. The Bertz CT molecular complexity index is 1330.